The summed E-state index contributed by atoms with van der Waals surface area (Å²) in [5.74, 6) is 0. The van der Waals surface area contributed by atoms with Crippen LogP contribution in [0, 0.1) is 0 Å². The first kappa shape index (κ1) is 19.8. The van der Waals surface area contributed by atoms with E-state index in [-0.39, 0.29) is 12.1 Å². The normalized spacial score (nSPS) is 16.4. The van der Waals surface area contributed by atoms with E-state index in [2.05, 4.69) is 31.0 Å². The molecule has 0 aliphatic heterocycles. The maximum Gasteiger partial charge on any atom is 0.0615 e. The fourth-order valence-corrected chi connectivity index (χ4v) is 2.15. The van der Waals surface area contributed by atoms with Gasteiger partial charge in [0, 0.05) is 38.9 Å². The van der Waals surface area contributed by atoms with Crippen LogP contribution in [0.2, 0.25) is 0 Å². The van der Waals surface area contributed by atoms with Crippen LogP contribution in [0.25, 0.3) is 0 Å². The molecule has 0 amide bonds. The minimum atomic E-state index is -0.214. The van der Waals surface area contributed by atoms with Gasteiger partial charge in [-0.25, -0.2) is 0 Å². The molecule has 0 aliphatic carbocycles. The Morgan fingerprint density at radius 3 is 2.45 bits per heavy atom. The second-order valence-corrected chi connectivity index (χ2v) is 5.73. The van der Waals surface area contributed by atoms with E-state index in [1.54, 1.807) is 14.2 Å². The zero-order valence-corrected chi connectivity index (χ0v) is 13.9. The highest BCUT2D eigenvalue weighted by Crippen LogP contribution is 2.12. The van der Waals surface area contributed by atoms with Crippen LogP contribution in [0.3, 0.4) is 0 Å². The van der Waals surface area contributed by atoms with E-state index in [1.165, 1.54) is 0 Å². The van der Waals surface area contributed by atoms with Gasteiger partial charge in [-0.1, -0.05) is 6.92 Å². The van der Waals surface area contributed by atoms with Crippen LogP contribution in [0.5, 0.6) is 0 Å². The fraction of sp³-hybridized carbons (Fsp3) is 1.00. The summed E-state index contributed by atoms with van der Waals surface area (Å²) >= 11 is 0. The van der Waals surface area contributed by atoms with Crippen molar-refractivity contribution in [2.45, 2.75) is 45.2 Å². The maximum absolute atomic E-state index is 9.61. The Hall–Kier alpha value is -0.200. The number of rotatable bonds is 13. The average Bonchev–Trinajstić information content (AvgIpc) is 2.45. The number of aliphatic hydroxyl groups excluding tert-OH is 1. The predicted octanol–water partition coefficient (Wildman–Crippen LogP) is 1.11. The van der Waals surface area contributed by atoms with Crippen LogP contribution in [-0.2, 0) is 9.47 Å². The quantitative estimate of drug-likeness (QED) is 0.532. The van der Waals surface area contributed by atoms with Gasteiger partial charge in [0.05, 0.1) is 19.8 Å². The Morgan fingerprint density at radius 2 is 1.95 bits per heavy atom. The van der Waals surface area contributed by atoms with Crippen molar-refractivity contribution in [2.75, 3.05) is 53.7 Å². The Balaban J connectivity index is 4.39. The molecule has 0 saturated heterocycles. The maximum atomic E-state index is 9.61. The predicted molar refractivity (Wildman–Crippen MR) is 83.2 cm³/mol. The van der Waals surface area contributed by atoms with Gasteiger partial charge in [0.2, 0.25) is 0 Å². The van der Waals surface area contributed by atoms with Crippen molar-refractivity contribution in [1.29, 1.82) is 0 Å². The average molecular weight is 290 g/mol. The number of nitrogens with zero attached hydrogens (tertiary/aromatic N) is 1. The first-order valence-corrected chi connectivity index (χ1v) is 7.60. The van der Waals surface area contributed by atoms with Crippen molar-refractivity contribution < 1.29 is 14.6 Å². The zero-order chi connectivity index (χ0) is 15.4. The summed E-state index contributed by atoms with van der Waals surface area (Å²) < 4.78 is 10.4. The molecule has 0 saturated carbocycles. The molecule has 20 heavy (non-hydrogen) atoms. The van der Waals surface area contributed by atoms with Crippen molar-refractivity contribution in [3.8, 4) is 0 Å². The minimum absolute atomic E-state index is 0.157. The van der Waals surface area contributed by atoms with E-state index in [4.69, 9.17) is 9.47 Å². The number of nitrogens with one attached hydrogen (secondary N) is 1. The van der Waals surface area contributed by atoms with Gasteiger partial charge in [0.25, 0.3) is 0 Å². The molecule has 0 radical (unpaired) electrons. The Kier molecular flexibility index (Phi) is 11.3. The smallest absolute Gasteiger partial charge is 0.0615 e. The molecule has 0 aromatic heterocycles. The van der Waals surface area contributed by atoms with E-state index in [1.807, 2.05) is 0 Å². The van der Waals surface area contributed by atoms with Crippen LogP contribution in [0.4, 0.5) is 0 Å². The minimum Gasteiger partial charge on any atom is -0.394 e. The topological polar surface area (TPSA) is 54.0 Å². The van der Waals surface area contributed by atoms with Crippen LogP contribution in [0.15, 0.2) is 0 Å². The molecule has 2 atom stereocenters. The summed E-state index contributed by atoms with van der Waals surface area (Å²) in [6.07, 6.45) is 1.98. The SMILES string of the molecule is CCCNC(C)(CO)CCN(CCOC)C(C)COC. The van der Waals surface area contributed by atoms with Crippen molar-refractivity contribution in [3.05, 3.63) is 0 Å². The van der Waals surface area contributed by atoms with E-state index in [9.17, 15) is 5.11 Å². The molecule has 0 rings (SSSR count). The molecule has 5 nitrogen and oxygen atoms in total. The van der Waals surface area contributed by atoms with Gasteiger partial charge in [0.15, 0.2) is 0 Å². The molecular weight excluding hydrogens is 256 g/mol. The third-order valence-corrected chi connectivity index (χ3v) is 3.72. The number of hydrogen-bond donors (Lipinski definition) is 2. The summed E-state index contributed by atoms with van der Waals surface area (Å²) in [5.41, 5.74) is -0.214. The number of ether oxygens (including phenoxy) is 2. The molecule has 2 unspecified atom stereocenters. The van der Waals surface area contributed by atoms with Gasteiger partial charge < -0.3 is 19.9 Å². The van der Waals surface area contributed by atoms with Crippen molar-refractivity contribution in [3.63, 3.8) is 0 Å². The van der Waals surface area contributed by atoms with E-state index in [0.717, 1.165) is 32.5 Å². The summed E-state index contributed by atoms with van der Waals surface area (Å²) in [6, 6.07) is 0.351. The third kappa shape index (κ3) is 8.17. The zero-order valence-electron chi connectivity index (χ0n) is 13.9. The molecule has 0 spiro atoms. The molecule has 0 heterocycles. The summed E-state index contributed by atoms with van der Waals surface area (Å²) in [5, 5.41) is 13.1. The summed E-state index contributed by atoms with van der Waals surface area (Å²) in [7, 11) is 3.45. The van der Waals surface area contributed by atoms with E-state index < -0.39 is 0 Å². The van der Waals surface area contributed by atoms with Gasteiger partial charge in [-0.05, 0) is 33.2 Å². The largest absolute Gasteiger partial charge is 0.394 e. The molecule has 0 fully saturated rings. The highest BCUT2D eigenvalue weighted by Gasteiger charge is 2.24. The van der Waals surface area contributed by atoms with Gasteiger partial charge in [-0.2, -0.15) is 0 Å². The lowest BCUT2D eigenvalue weighted by molar-refractivity contribution is 0.0633. The van der Waals surface area contributed by atoms with E-state index in [0.29, 0.717) is 19.3 Å². The lowest BCUT2D eigenvalue weighted by Gasteiger charge is -2.34. The molecule has 0 aromatic rings. The number of methoxy groups -OCH3 is 2. The molecule has 0 aliphatic rings. The second-order valence-electron chi connectivity index (χ2n) is 5.73. The number of aliphatic hydroxyl groups is 1. The highest BCUT2D eigenvalue weighted by atomic mass is 16.5. The highest BCUT2D eigenvalue weighted by molar-refractivity contribution is 4.84. The van der Waals surface area contributed by atoms with Crippen molar-refractivity contribution in [2.24, 2.45) is 0 Å². The van der Waals surface area contributed by atoms with Gasteiger partial charge in [-0.15, -0.1) is 0 Å². The van der Waals surface area contributed by atoms with E-state index >= 15 is 0 Å². The second kappa shape index (κ2) is 11.5. The molecule has 0 aromatic carbocycles. The van der Waals surface area contributed by atoms with Crippen LogP contribution >= 0.6 is 0 Å². The van der Waals surface area contributed by atoms with Crippen LogP contribution in [-0.4, -0.2) is 75.3 Å². The lowest BCUT2D eigenvalue weighted by atomic mass is 9.98. The molecule has 5 heteroatoms. The molecule has 0 bridgehead atoms. The molecular formula is C15H34N2O3. The van der Waals surface area contributed by atoms with Crippen molar-refractivity contribution >= 4 is 0 Å². The Labute approximate surface area is 124 Å². The Bertz CT molecular complexity index is 229. The first-order chi connectivity index (χ1) is 9.52. The third-order valence-electron chi connectivity index (χ3n) is 3.72. The Morgan fingerprint density at radius 1 is 1.25 bits per heavy atom. The standard InChI is InChI=1S/C15H34N2O3/c1-6-8-16-15(3,13-18)7-9-17(10-11-19-4)14(2)12-20-5/h14,16,18H,6-13H2,1-5H3. The van der Waals surface area contributed by atoms with Gasteiger partial charge in [-0.3, -0.25) is 4.90 Å². The van der Waals surface area contributed by atoms with Gasteiger partial charge in [0.1, 0.15) is 0 Å². The summed E-state index contributed by atoms with van der Waals surface area (Å²) in [4.78, 5) is 2.36. The van der Waals surface area contributed by atoms with Gasteiger partial charge >= 0.3 is 0 Å². The summed E-state index contributed by atoms with van der Waals surface area (Å²) in [6.45, 7) is 10.7. The number of hydrogen-bond acceptors (Lipinski definition) is 5. The van der Waals surface area contributed by atoms with Crippen LogP contribution < -0.4 is 5.32 Å². The van der Waals surface area contributed by atoms with Crippen LogP contribution in [0.1, 0.15) is 33.6 Å². The molecule has 122 valence electrons. The lowest BCUT2D eigenvalue weighted by Crippen LogP contribution is -2.50. The first-order valence-electron chi connectivity index (χ1n) is 7.60. The van der Waals surface area contributed by atoms with Crippen molar-refractivity contribution in [1.82, 2.24) is 10.2 Å². The molecule has 2 N–H and O–H groups in total. The monoisotopic (exact) mass is 290 g/mol. The fourth-order valence-electron chi connectivity index (χ4n) is 2.15.